The summed E-state index contributed by atoms with van der Waals surface area (Å²) in [6, 6.07) is 6.89. The maximum absolute atomic E-state index is 12.7. The molecule has 1 heterocycles. The standard InChI is InChI=1S/C18H28N2O4S/c1-15-5-7-17(8-6-15)25(22,23)20-12-9-16(10-13-20)18(21)19-11-3-4-14-24-2/h5-8,16H,3-4,9-14H2,1-2H3,(H,19,21). The number of nitrogens with one attached hydrogen (secondary N) is 1. The van der Waals surface area contributed by atoms with Gasteiger partial charge in [0.2, 0.25) is 15.9 Å². The molecule has 7 heteroatoms. The van der Waals surface area contributed by atoms with Crippen LogP contribution in [0.2, 0.25) is 0 Å². The van der Waals surface area contributed by atoms with Gasteiger partial charge in [-0.1, -0.05) is 17.7 Å². The monoisotopic (exact) mass is 368 g/mol. The summed E-state index contributed by atoms with van der Waals surface area (Å²) in [5, 5.41) is 2.94. The largest absolute Gasteiger partial charge is 0.385 e. The Bertz CT molecular complexity index is 650. The van der Waals surface area contributed by atoms with E-state index in [1.54, 1.807) is 31.4 Å². The van der Waals surface area contributed by atoms with Crippen molar-refractivity contribution in [3.8, 4) is 0 Å². The van der Waals surface area contributed by atoms with Crippen LogP contribution in [0.15, 0.2) is 29.2 Å². The molecule has 1 aliphatic rings. The van der Waals surface area contributed by atoms with Crippen molar-refractivity contribution in [2.45, 2.75) is 37.5 Å². The first-order valence-corrected chi connectivity index (χ1v) is 10.2. The summed E-state index contributed by atoms with van der Waals surface area (Å²) in [5.41, 5.74) is 1.03. The molecular formula is C18H28N2O4S. The van der Waals surface area contributed by atoms with Crippen molar-refractivity contribution in [3.05, 3.63) is 29.8 Å². The first-order valence-electron chi connectivity index (χ1n) is 8.78. The molecule has 1 saturated heterocycles. The first-order chi connectivity index (χ1) is 11.9. The van der Waals surface area contributed by atoms with Crippen LogP contribution in [0.4, 0.5) is 0 Å². The number of carbonyl (C=O) groups is 1. The van der Waals surface area contributed by atoms with Crippen molar-refractivity contribution in [1.29, 1.82) is 0 Å². The van der Waals surface area contributed by atoms with E-state index in [1.807, 2.05) is 6.92 Å². The molecule has 0 aliphatic carbocycles. The van der Waals surface area contributed by atoms with E-state index in [9.17, 15) is 13.2 Å². The lowest BCUT2D eigenvalue weighted by atomic mass is 9.97. The number of ether oxygens (including phenoxy) is 1. The molecule has 0 aromatic heterocycles. The van der Waals surface area contributed by atoms with Crippen molar-refractivity contribution < 1.29 is 17.9 Å². The van der Waals surface area contributed by atoms with E-state index in [2.05, 4.69) is 5.32 Å². The highest BCUT2D eigenvalue weighted by molar-refractivity contribution is 7.89. The Morgan fingerprint density at radius 1 is 1.20 bits per heavy atom. The molecule has 1 N–H and O–H groups in total. The van der Waals surface area contributed by atoms with Gasteiger partial charge in [-0.15, -0.1) is 0 Å². The number of piperidine rings is 1. The fraction of sp³-hybridized carbons (Fsp3) is 0.611. The van der Waals surface area contributed by atoms with Gasteiger partial charge in [0.05, 0.1) is 4.90 Å². The number of hydrogen-bond donors (Lipinski definition) is 1. The molecular weight excluding hydrogens is 340 g/mol. The zero-order chi connectivity index (χ0) is 18.3. The second-order valence-corrected chi connectivity index (χ2v) is 8.42. The van der Waals surface area contributed by atoms with Crippen LogP contribution in [-0.4, -0.2) is 52.0 Å². The van der Waals surface area contributed by atoms with Crippen molar-refractivity contribution in [2.24, 2.45) is 5.92 Å². The van der Waals surface area contributed by atoms with Gasteiger partial charge < -0.3 is 10.1 Å². The fourth-order valence-electron chi connectivity index (χ4n) is 2.94. The molecule has 0 saturated carbocycles. The number of rotatable bonds is 8. The Morgan fingerprint density at radius 3 is 2.44 bits per heavy atom. The predicted octanol–water partition coefficient (Wildman–Crippen LogP) is 1.94. The third kappa shape index (κ3) is 5.52. The molecule has 1 amide bonds. The molecule has 140 valence electrons. The molecule has 2 rings (SSSR count). The zero-order valence-corrected chi connectivity index (χ0v) is 15.8. The molecule has 1 fully saturated rings. The summed E-state index contributed by atoms with van der Waals surface area (Å²) < 4.78 is 31.8. The highest BCUT2D eigenvalue weighted by Gasteiger charge is 2.31. The summed E-state index contributed by atoms with van der Waals surface area (Å²) in [4.78, 5) is 12.5. The van der Waals surface area contributed by atoms with Gasteiger partial charge in [0, 0.05) is 39.3 Å². The first kappa shape index (κ1) is 19.9. The maximum Gasteiger partial charge on any atom is 0.243 e. The number of amides is 1. The van der Waals surface area contributed by atoms with Crippen LogP contribution in [-0.2, 0) is 19.6 Å². The number of methoxy groups -OCH3 is 1. The number of nitrogens with zero attached hydrogens (tertiary/aromatic N) is 1. The smallest absolute Gasteiger partial charge is 0.243 e. The molecule has 6 nitrogen and oxygen atoms in total. The third-order valence-electron chi connectivity index (χ3n) is 4.56. The molecule has 0 unspecified atom stereocenters. The molecule has 1 aromatic rings. The summed E-state index contributed by atoms with van der Waals surface area (Å²) in [7, 11) is -1.80. The average Bonchev–Trinajstić information content (AvgIpc) is 2.62. The lowest BCUT2D eigenvalue weighted by molar-refractivity contribution is -0.126. The fourth-order valence-corrected chi connectivity index (χ4v) is 4.41. The Hall–Kier alpha value is -1.44. The van der Waals surface area contributed by atoms with Crippen LogP contribution in [0.3, 0.4) is 0 Å². The van der Waals surface area contributed by atoms with E-state index < -0.39 is 10.0 Å². The van der Waals surface area contributed by atoms with Gasteiger partial charge in [0.1, 0.15) is 0 Å². The predicted molar refractivity (Wildman–Crippen MR) is 96.8 cm³/mol. The topological polar surface area (TPSA) is 75.7 Å². The SMILES string of the molecule is COCCCCNC(=O)C1CCN(S(=O)(=O)c2ccc(C)cc2)CC1. The molecule has 1 aromatic carbocycles. The van der Waals surface area contributed by atoms with Crippen LogP contribution in [0.5, 0.6) is 0 Å². The maximum atomic E-state index is 12.7. The van der Waals surface area contributed by atoms with Gasteiger partial charge in [-0.2, -0.15) is 4.31 Å². The lowest BCUT2D eigenvalue weighted by Gasteiger charge is -2.30. The van der Waals surface area contributed by atoms with Gasteiger partial charge in [-0.3, -0.25) is 4.79 Å². The van der Waals surface area contributed by atoms with E-state index in [0.717, 1.165) is 18.4 Å². The van der Waals surface area contributed by atoms with Gasteiger partial charge >= 0.3 is 0 Å². The molecule has 25 heavy (non-hydrogen) atoms. The van der Waals surface area contributed by atoms with E-state index >= 15 is 0 Å². The van der Waals surface area contributed by atoms with E-state index in [4.69, 9.17) is 4.74 Å². The molecule has 0 spiro atoms. The molecule has 0 bridgehead atoms. The number of aryl methyl sites for hydroxylation is 1. The highest BCUT2D eigenvalue weighted by atomic mass is 32.2. The summed E-state index contributed by atoms with van der Waals surface area (Å²) in [5.74, 6) is -0.0725. The number of sulfonamides is 1. The van der Waals surface area contributed by atoms with Gasteiger partial charge in [-0.05, 0) is 44.7 Å². The zero-order valence-electron chi connectivity index (χ0n) is 15.0. The van der Waals surface area contributed by atoms with Gasteiger partial charge in [-0.25, -0.2) is 8.42 Å². The molecule has 0 radical (unpaired) electrons. The van der Waals surface area contributed by atoms with Crippen molar-refractivity contribution in [1.82, 2.24) is 9.62 Å². The van der Waals surface area contributed by atoms with Crippen molar-refractivity contribution in [3.63, 3.8) is 0 Å². The van der Waals surface area contributed by atoms with Crippen molar-refractivity contribution in [2.75, 3.05) is 33.4 Å². The molecule has 1 aliphatic heterocycles. The minimum atomic E-state index is -3.47. The minimum Gasteiger partial charge on any atom is -0.385 e. The molecule has 0 atom stereocenters. The summed E-state index contributed by atoms with van der Waals surface area (Å²) >= 11 is 0. The van der Waals surface area contributed by atoms with Crippen LogP contribution < -0.4 is 5.32 Å². The van der Waals surface area contributed by atoms with Crippen LogP contribution in [0.25, 0.3) is 0 Å². The normalized spacial score (nSPS) is 16.7. The quantitative estimate of drug-likeness (QED) is 0.712. The van der Waals surface area contributed by atoms with Crippen LogP contribution >= 0.6 is 0 Å². The van der Waals surface area contributed by atoms with Gasteiger partial charge in [0.15, 0.2) is 0 Å². The Morgan fingerprint density at radius 2 is 1.84 bits per heavy atom. The van der Waals surface area contributed by atoms with E-state index in [-0.39, 0.29) is 11.8 Å². The van der Waals surface area contributed by atoms with E-state index in [1.165, 1.54) is 4.31 Å². The highest BCUT2D eigenvalue weighted by Crippen LogP contribution is 2.24. The summed E-state index contributed by atoms with van der Waals surface area (Å²) in [6.07, 6.45) is 2.94. The number of benzene rings is 1. The lowest BCUT2D eigenvalue weighted by Crippen LogP contribution is -2.43. The Labute approximate surface area is 150 Å². The average molecular weight is 368 g/mol. The summed E-state index contributed by atoms with van der Waals surface area (Å²) in [6.45, 7) is 4.04. The second-order valence-electron chi connectivity index (χ2n) is 6.48. The Balaban J connectivity index is 1.82. The van der Waals surface area contributed by atoms with E-state index in [0.29, 0.717) is 44.0 Å². The van der Waals surface area contributed by atoms with Crippen LogP contribution in [0.1, 0.15) is 31.2 Å². The minimum absolute atomic E-state index is 0.0322. The van der Waals surface area contributed by atoms with Gasteiger partial charge in [0.25, 0.3) is 0 Å². The van der Waals surface area contributed by atoms with Crippen LogP contribution in [0, 0.1) is 12.8 Å². The van der Waals surface area contributed by atoms with Crippen molar-refractivity contribution >= 4 is 15.9 Å². The number of hydrogen-bond acceptors (Lipinski definition) is 4. The number of unbranched alkanes of at least 4 members (excludes halogenated alkanes) is 1. The number of carbonyl (C=O) groups excluding carboxylic acids is 1. The third-order valence-corrected chi connectivity index (χ3v) is 6.47. The second kappa shape index (κ2) is 9.31. The Kier molecular flexibility index (Phi) is 7.40.